The van der Waals surface area contributed by atoms with Crippen LogP contribution >= 0.6 is 21.6 Å². The largest absolute Gasteiger partial charge is 0.396 e. The molecule has 0 saturated carbocycles. The number of carbonyl (C=O) groups excluding carboxylic acids is 3. The van der Waals surface area contributed by atoms with E-state index < -0.39 is 17.4 Å². The van der Waals surface area contributed by atoms with Crippen LogP contribution in [-0.4, -0.2) is 71.8 Å². The van der Waals surface area contributed by atoms with Crippen molar-refractivity contribution in [3.8, 4) is 0 Å². The standard InChI is InChI=1S/C33H55N3O5S2/c1-4-5-6-7-8-9-10-11-12-13-14-15-16-17-18-19-20-21-29(38)34-24-26-42-43-27-25-35-30(39)22-23-36-32(41)31(40)33(2,3)28-37/h5-6,8-9,11-12,14-15,17-18,31,37,40H,4,7,10,13,16,19-28H2,1-3H3,(H,34,38)(H,35,39)(H,36,41)/b6-5-,9-8-,12-11-,15-14-,18-17-/t31-/m0/s1. The van der Waals surface area contributed by atoms with Crippen molar-refractivity contribution >= 4 is 39.3 Å². The van der Waals surface area contributed by atoms with Crippen LogP contribution in [0.2, 0.25) is 0 Å². The lowest BCUT2D eigenvalue weighted by Crippen LogP contribution is -2.46. The number of carbonyl (C=O) groups is 3. The minimum atomic E-state index is -1.34. The Morgan fingerprint density at radius 3 is 1.65 bits per heavy atom. The van der Waals surface area contributed by atoms with Gasteiger partial charge in [-0.15, -0.1) is 0 Å². The molecule has 0 heterocycles. The Balaban J connectivity index is 3.60. The lowest BCUT2D eigenvalue weighted by molar-refractivity contribution is -0.137. The molecule has 5 N–H and O–H groups in total. The fraction of sp³-hybridized carbons (Fsp3) is 0.606. The van der Waals surface area contributed by atoms with Crippen molar-refractivity contribution in [1.29, 1.82) is 0 Å². The van der Waals surface area contributed by atoms with E-state index >= 15 is 0 Å². The second kappa shape index (κ2) is 28.5. The lowest BCUT2D eigenvalue weighted by Gasteiger charge is -2.27. The van der Waals surface area contributed by atoms with Crippen LogP contribution in [0.1, 0.15) is 78.6 Å². The van der Waals surface area contributed by atoms with Crippen LogP contribution in [-0.2, 0) is 14.4 Å². The van der Waals surface area contributed by atoms with Gasteiger partial charge in [0.15, 0.2) is 0 Å². The number of unbranched alkanes of at least 4 members (excludes halogenated alkanes) is 1. The molecule has 0 aliphatic heterocycles. The summed E-state index contributed by atoms with van der Waals surface area (Å²) in [6.45, 7) is 6.23. The molecular formula is C33H55N3O5S2. The van der Waals surface area contributed by atoms with E-state index in [0.717, 1.165) is 56.5 Å². The molecule has 0 aliphatic rings. The topological polar surface area (TPSA) is 128 Å². The Morgan fingerprint density at radius 1 is 0.698 bits per heavy atom. The first-order valence-electron chi connectivity index (χ1n) is 15.3. The molecule has 0 aromatic heterocycles. The van der Waals surface area contributed by atoms with Gasteiger partial charge in [0, 0.05) is 49.4 Å². The summed E-state index contributed by atoms with van der Waals surface area (Å²) in [6.07, 6.45) is 27.8. The highest BCUT2D eigenvalue weighted by molar-refractivity contribution is 8.76. The summed E-state index contributed by atoms with van der Waals surface area (Å²) in [4.78, 5) is 35.7. The Morgan fingerprint density at radius 2 is 1.16 bits per heavy atom. The predicted molar refractivity (Wildman–Crippen MR) is 184 cm³/mol. The van der Waals surface area contributed by atoms with Crippen LogP contribution in [0.5, 0.6) is 0 Å². The molecule has 3 amide bonds. The van der Waals surface area contributed by atoms with Gasteiger partial charge < -0.3 is 26.2 Å². The van der Waals surface area contributed by atoms with Crippen LogP contribution in [0.25, 0.3) is 0 Å². The molecule has 0 radical (unpaired) electrons. The van der Waals surface area contributed by atoms with Crippen LogP contribution in [0.15, 0.2) is 60.8 Å². The van der Waals surface area contributed by atoms with Crippen molar-refractivity contribution in [2.45, 2.75) is 84.7 Å². The molecule has 0 unspecified atom stereocenters. The molecule has 0 aliphatic carbocycles. The first-order chi connectivity index (χ1) is 20.7. The van der Waals surface area contributed by atoms with Crippen molar-refractivity contribution in [2.24, 2.45) is 5.41 Å². The molecule has 244 valence electrons. The van der Waals surface area contributed by atoms with E-state index in [-0.39, 0.29) is 31.4 Å². The van der Waals surface area contributed by atoms with Crippen LogP contribution in [0.3, 0.4) is 0 Å². The Bertz CT molecular complexity index is 901. The lowest BCUT2D eigenvalue weighted by atomic mass is 9.87. The zero-order valence-corrected chi connectivity index (χ0v) is 28.0. The molecule has 1 atom stereocenters. The van der Waals surface area contributed by atoms with Crippen LogP contribution < -0.4 is 16.0 Å². The van der Waals surface area contributed by atoms with Crippen molar-refractivity contribution in [2.75, 3.05) is 37.7 Å². The van der Waals surface area contributed by atoms with Crippen LogP contribution in [0, 0.1) is 5.41 Å². The maximum Gasteiger partial charge on any atom is 0.249 e. The van der Waals surface area contributed by atoms with E-state index in [1.165, 1.54) is 0 Å². The fourth-order valence-electron chi connectivity index (χ4n) is 3.35. The van der Waals surface area contributed by atoms with Crippen LogP contribution in [0.4, 0.5) is 0 Å². The minimum Gasteiger partial charge on any atom is -0.396 e. The van der Waals surface area contributed by atoms with Gasteiger partial charge >= 0.3 is 0 Å². The number of rotatable bonds is 26. The highest BCUT2D eigenvalue weighted by Gasteiger charge is 2.32. The van der Waals surface area contributed by atoms with Crippen molar-refractivity contribution < 1.29 is 24.6 Å². The number of amides is 3. The van der Waals surface area contributed by atoms with E-state index in [1.807, 2.05) is 0 Å². The summed E-state index contributed by atoms with van der Waals surface area (Å²) >= 11 is 0. The van der Waals surface area contributed by atoms with Gasteiger partial charge in [-0.3, -0.25) is 14.4 Å². The number of nitrogens with one attached hydrogen (secondary N) is 3. The number of allylic oxidation sites excluding steroid dienone is 10. The zero-order valence-electron chi connectivity index (χ0n) is 26.4. The summed E-state index contributed by atoms with van der Waals surface area (Å²) in [7, 11) is 3.27. The number of hydrogen-bond donors (Lipinski definition) is 5. The number of aliphatic hydroxyl groups is 2. The predicted octanol–water partition coefficient (Wildman–Crippen LogP) is 5.41. The third kappa shape index (κ3) is 25.9. The average Bonchev–Trinajstić information content (AvgIpc) is 2.99. The Hall–Kier alpha value is -2.27. The van der Waals surface area contributed by atoms with Gasteiger partial charge in [-0.1, -0.05) is 103 Å². The maximum atomic E-state index is 12.0. The number of aliphatic hydroxyl groups excluding tert-OH is 2. The molecule has 0 bridgehead atoms. The molecule has 0 aromatic carbocycles. The normalized spacial score (nSPS) is 13.1. The summed E-state index contributed by atoms with van der Waals surface area (Å²) in [5.41, 5.74) is -0.943. The first kappa shape index (κ1) is 40.7. The summed E-state index contributed by atoms with van der Waals surface area (Å²) < 4.78 is 0. The minimum absolute atomic E-state index is 0.0738. The quantitative estimate of drug-likeness (QED) is 0.0488. The van der Waals surface area contributed by atoms with Crippen molar-refractivity contribution in [3.05, 3.63) is 60.8 Å². The summed E-state index contributed by atoms with van der Waals surface area (Å²) in [5, 5.41) is 27.4. The smallest absolute Gasteiger partial charge is 0.249 e. The Kier molecular flexibility index (Phi) is 27.0. The van der Waals surface area contributed by atoms with E-state index in [1.54, 1.807) is 35.4 Å². The van der Waals surface area contributed by atoms with Gasteiger partial charge in [-0.25, -0.2) is 0 Å². The third-order valence-electron chi connectivity index (χ3n) is 6.08. The van der Waals surface area contributed by atoms with Crippen molar-refractivity contribution in [3.63, 3.8) is 0 Å². The SMILES string of the molecule is CC/C=C\C/C=C\C/C=C\C/C=C\C/C=C\CCCC(=O)NCCSSCCNC(=O)CCNC(=O)[C@H](O)C(C)(C)CO. The molecule has 8 nitrogen and oxygen atoms in total. The molecular weight excluding hydrogens is 583 g/mol. The van der Waals surface area contributed by atoms with Crippen molar-refractivity contribution in [1.82, 2.24) is 16.0 Å². The molecule has 0 fully saturated rings. The monoisotopic (exact) mass is 637 g/mol. The number of hydrogen-bond acceptors (Lipinski definition) is 7. The second-order valence-electron chi connectivity index (χ2n) is 10.5. The molecule has 0 saturated heterocycles. The molecule has 0 aromatic rings. The van der Waals surface area contributed by atoms with E-state index in [2.05, 4.69) is 83.6 Å². The highest BCUT2D eigenvalue weighted by atomic mass is 33.1. The summed E-state index contributed by atoms with van der Waals surface area (Å²) in [5.74, 6) is 0.810. The van der Waals surface area contributed by atoms with Gasteiger partial charge in [0.1, 0.15) is 6.10 Å². The van der Waals surface area contributed by atoms with Gasteiger partial charge in [0.2, 0.25) is 17.7 Å². The highest BCUT2D eigenvalue weighted by Crippen LogP contribution is 2.20. The third-order valence-corrected chi connectivity index (χ3v) is 8.49. The fourth-order valence-corrected chi connectivity index (χ4v) is 5.16. The van der Waals surface area contributed by atoms with E-state index in [0.29, 0.717) is 19.5 Å². The molecule has 0 spiro atoms. The van der Waals surface area contributed by atoms with E-state index in [4.69, 9.17) is 0 Å². The molecule has 10 heteroatoms. The van der Waals surface area contributed by atoms with Gasteiger partial charge in [-0.2, -0.15) is 0 Å². The Labute approximate surface area is 267 Å². The molecule has 43 heavy (non-hydrogen) atoms. The van der Waals surface area contributed by atoms with Gasteiger partial charge in [-0.05, 0) is 44.9 Å². The van der Waals surface area contributed by atoms with Gasteiger partial charge in [0.25, 0.3) is 0 Å². The average molecular weight is 638 g/mol. The summed E-state index contributed by atoms with van der Waals surface area (Å²) in [6, 6.07) is 0. The zero-order chi connectivity index (χ0) is 32.0. The molecule has 0 rings (SSSR count). The second-order valence-corrected chi connectivity index (χ2v) is 13.2. The maximum absolute atomic E-state index is 12.0. The first-order valence-corrected chi connectivity index (χ1v) is 17.8. The van der Waals surface area contributed by atoms with Gasteiger partial charge in [0.05, 0.1) is 6.61 Å². The van der Waals surface area contributed by atoms with E-state index in [9.17, 15) is 24.6 Å².